The number of halogens is 2. The van der Waals surface area contributed by atoms with Crippen molar-refractivity contribution in [1.82, 2.24) is 10.3 Å². The number of aromatic nitrogens is 1. The summed E-state index contributed by atoms with van der Waals surface area (Å²) in [5.41, 5.74) is 1.00. The number of nitrogens with one attached hydrogen (secondary N) is 1. The third-order valence-electron chi connectivity index (χ3n) is 3.31. The maximum atomic E-state index is 6.26. The molecule has 2 nitrogen and oxygen atoms in total. The Bertz CT molecular complexity index is 712. The molecule has 0 aliphatic carbocycles. The van der Waals surface area contributed by atoms with Crippen LogP contribution in [0.2, 0.25) is 10.0 Å². The highest BCUT2D eigenvalue weighted by Gasteiger charge is 2.16. The Morgan fingerprint density at radius 3 is 2.73 bits per heavy atom. The quantitative estimate of drug-likeness (QED) is 0.613. The highest BCUT2D eigenvalue weighted by molar-refractivity contribution is 7.10. The van der Waals surface area contributed by atoms with Gasteiger partial charge in [-0.3, -0.25) is 0 Å². The Morgan fingerprint density at radius 1 is 1.09 bits per heavy atom. The van der Waals surface area contributed by atoms with Gasteiger partial charge in [-0.1, -0.05) is 41.4 Å². The molecule has 1 N–H and O–H groups in total. The van der Waals surface area contributed by atoms with Gasteiger partial charge in [0.2, 0.25) is 0 Å². The first-order valence-electron chi connectivity index (χ1n) is 6.82. The molecule has 114 valence electrons. The summed E-state index contributed by atoms with van der Waals surface area (Å²) < 4.78 is 0. The third-order valence-corrected chi connectivity index (χ3v) is 5.95. The lowest BCUT2D eigenvalue weighted by Crippen LogP contribution is -2.22. The van der Waals surface area contributed by atoms with Crippen LogP contribution >= 0.6 is 45.9 Å². The van der Waals surface area contributed by atoms with Gasteiger partial charge >= 0.3 is 0 Å². The molecule has 0 bridgehead atoms. The molecule has 0 saturated carbocycles. The minimum atomic E-state index is 0.175. The molecule has 0 saturated heterocycles. The van der Waals surface area contributed by atoms with Crippen LogP contribution in [-0.4, -0.2) is 4.98 Å². The molecular weight excluding hydrogens is 355 g/mol. The molecule has 0 fully saturated rings. The Labute approximate surface area is 147 Å². The fourth-order valence-electron chi connectivity index (χ4n) is 2.20. The number of hydrogen-bond acceptors (Lipinski definition) is 4. The smallest absolute Gasteiger partial charge is 0.110 e. The molecule has 6 heteroatoms. The molecule has 0 radical (unpaired) electrons. The summed E-state index contributed by atoms with van der Waals surface area (Å²) in [6.45, 7) is 0.662. The number of nitrogens with zero attached hydrogens (tertiary/aromatic N) is 1. The largest absolute Gasteiger partial charge is 0.303 e. The van der Waals surface area contributed by atoms with Crippen LogP contribution in [-0.2, 0) is 13.0 Å². The SMILES string of the molecule is Clc1cccc(CNC(Cc2cccs2)c2nccs2)c1Cl. The van der Waals surface area contributed by atoms with Crippen molar-refractivity contribution >= 4 is 45.9 Å². The summed E-state index contributed by atoms with van der Waals surface area (Å²) in [5.74, 6) is 0. The molecule has 0 aliphatic rings. The van der Waals surface area contributed by atoms with Crippen LogP contribution in [0.4, 0.5) is 0 Å². The lowest BCUT2D eigenvalue weighted by molar-refractivity contribution is 0.531. The monoisotopic (exact) mass is 368 g/mol. The second-order valence-electron chi connectivity index (χ2n) is 4.80. The van der Waals surface area contributed by atoms with E-state index in [1.165, 1.54) is 4.88 Å². The number of thiazole rings is 1. The Balaban J connectivity index is 1.74. The summed E-state index contributed by atoms with van der Waals surface area (Å²) in [5, 5.41) is 9.95. The zero-order chi connectivity index (χ0) is 15.4. The van der Waals surface area contributed by atoms with Crippen molar-refractivity contribution < 1.29 is 0 Å². The lowest BCUT2D eigenvalue weighted by Gasteiger charge is -2.16. The van der Waals surface area contributed by atoms with E-state index in [4.69, 9.17) is 23.2 Å². The van der Waals surface area contributed by atoms with Crippen molar-refractivity contribution in [2.75, 3.05) is 0 Å². The van der Waals surface area contributed by atoms with Gasteiger partial charge < -0.3 is 5.32 Å². The Hall–Kier alpha value is -0.910. The molecule has 2 aromatic heterocycles. The van der Waals surface area contributed by atoms with E-state index in [-0.39, 0.29) is 6.04 Å². The maximum absolute atomic E-state index is 6.26. The van der Waals surface area contributed by atoms with Crippen molar-refractivity contribution in [3.05, 3.63) is 72.8 Å². The highest BCUT2D eigenvalue weighted by Crippen LogP contribution is 2.27. The minimum Gasteiger partial charge on any atom is -0.303 e. The van der Waals surface area contributed by atoms with E-state index in [0.717, 1.165) is 17.0 Å². The van der Waals surface area contributed by atoms with Crippen LogP contribution in [0, 0.1) is 0 Å². The normalized spacial score (nSPS) is 12.5. The molecule has 1 aromatic carbocycles. The summed E-state index contributed by atoms with van der Waals surface area (Å²) in [7, 11) is 0. The summed E-state index contributed by atoms with van der Waals surface area (Å²) in [6, 6.07) is 10.1. The van der Waals surface area contributed by atoms with Gasteiger partial charge in [-0.15, -0.1) is 22.7 Å². The van der Waals surface area contributed by atoms with Crippen molar-refractivity contribution in [1.29, 1.82) is 0 Å². The molecule has 22 heavy (non-hydrogen) atoms. The average molecular weight is 369 g/mol. The molecule has 0 spiro atoms. The predicted octanol–water partition coefficient (Wildman–Crippen LogP) is 5.59. The van der Waals surface area contributed by atoms with Gasteiger partial charge in [-0.25, -0.2) is 4.98 Å². The average Bonchev–Trinajstić information content (AvgIpc) is 3.20. The number of thiophene rings is 1. The molecule has 3 aromatic rings. The number of hydrogen-bond donors (Lipinski definition) is 1. The van der Waals surface area contributed by atoms with Gasteiger partial charge in [0.15, 0.2) is 0 Å². The Morgan fingerprint density at radius 2 is 2.00 bits per heavy atom. The van der Waals surface area contributed by atoms with E-state index in [1.54, 1.807) is 28.7 Å². The van der Waals surface area contributed by atoms with Crippen LogP contribution in [0.1, 0.15) is 21.5 Å². The van der Waals surface area contributed by atoms with E-state index in [0.29, 0.717) is 16.6 Å². The summed E-state index contributed by atoms with van der Waals surface area (Å²) in [4.78, 5) is 5.79. The van der Waals surface area contributed by atoms with E-state index < -0.39 is 0 Å². The first-order chi connectivity index (χ1) is 10.7. The summed E-state index contributed by atoms with van der Waals surface area (Å²) in [6.07, 6.45) is 2.76. The van der Waals surface area contributed by atoms with Crippen molar-refractivity contribution in [2.45, 2.75) is 19.0 Å². The van der Waals surface area contributed by atoms with Gasteiger partial charge in [0.1, 0.15) is 5.01 Å². The van der Waals surface area contributed by atoms with Crippen LogP contribution < -0.4 is 5.32 Å². The molecule has 0 aliphatic heterocycles. The zero-order valence-corrected chi connectivity index (χ0v) is 14.8. The van der Waals surface area contributed by atoms with Crippen molar-refractivity contribution in [3.63, 3.8) is 0 Å². The van der Waals surface area contributed by atoms with Gasteiger partial charge in [-0.2, -0.15) is 0 Å². The third kappa shape index (κ3) is 3.89. The maximum Gasteiger partial charge on any atom is 0.110 e. The summed E-state index contributed by atoms with van der Waals surface area (Å²) >= 11 is 15.8. The van der Waals surface area contributed by atoms with Gasteiger partial charge in [0.25, 0.3) is 0 Å². The fraction of sp³-hybridized carbons (Fsp3) is 0.188. The lowest BCUT2D eigenvalue weighted by atomic mass is 10.1. The van der Waals surface area contributed by atoms with Crippen LogP contribution in [0.3, 0.4) is 0 Å². The second-order valence-corrected chi connectivity index (χ2v) is 7.54. The fourth-order valence-corrected chi connectivity index (χ4v) is 4.05. The molecule has 3 rings (SSSR count). The van der Waals surface area contributed by atoms with Crippen molar-refractivity contribution in [2.24, 2.45) is 0 Å². The minimum absolute atomic E-state index is 0.175. The molecule has 1 unspecified atom stereocenters. The zero-order valence-electron chi connectivity index (χ0n) is 11.6. The number of rotatable bonds is 6. The molecule has 0 amide bonds. The first-order valence-corrected chi connectivity index (χ1v) is 9.33. The van der Waals surface area contributed by atoms with Crippen LogP contribution in [0.5, 0.6) is 0 Å². The van der Waals surface area contributed by atoms with Gasteiger partial charge in [-0.05, 0) is 23.1 Å². The van der Waals surface area contributed by atoms with E-state index in [1.807, 2.05) is 23.7 Å². The van der Waals surface area contributed by atoms with E-state index in [9.17, 15) is 0 Å². The number of benzene rings is 1. The predicted molar refractivity (Wildman–Crippen MR) is 96.2 cm³/mol. The van der Waals surface area contributed by atoms with Crippen molar-refractivity contribution in [3.8, 4) is 0 Å². The Kier molecular flexibility index (Phi) is 5.50. The highest BCUT2D eigenvalue weighted by atomic mass is 35.5. The van der Waals surface area contributed by atoms with Gasteiger partial charge in [0.05, 0.1) is 16.1 Å². The second kappa shape index (κ2) is 7.57. The van der Waals surface area contributed by atoms with E-state index >= 15 is 0 Å². The van der Waals surface area contributed by atoms with Gasteiger partial charge in [0, 0.05) is 29.4 Å². The standard InChI is InChI=1S/C16H14Cl2N2S2/c17-13-5-1-3-11(15(13)18)10-20-14(16-19-6-8-22-16)9-12-4-2-7-21-12/h1-8,14,20H,9-10H2. The molecular formula is C16H14Cl2N2S2. The van der Waals surface area contributed by atoms with E-state index in [2.05, 4.69) is 27.8 Å². The molecule has 1 atom stereocenters. The van der Waals surface area contributed by atoms with Crippen LogP contribution in [0.15, 0.2) is 47.3 Å². The first kappa shape index (κ1) is 16.0. The molecule has 2 heterocycles. The van der Waals surface area contributed by atoms with Crippen LogP contribution in [0.25, 0.3) is 0 Å². The topological polar surface area (TPSA) is 24.9 Å².